The van der Waals surface area contributed by atoms with Crippen LogP contribution >= 0.6 is 23.2 Å². The molecular weight excluding hydrogens is 495 g/mol. The van der Waals surface area contributed by atoms with Crippen LogP contribution in [0.2, 0.25) is 10.0 Å². The lowest BCUT2D eigenvalue weighted by Crippen LogP contribution is -2.41. The Hall–Kier alpha value is -3.68. The van der Waals surface area contributed by atoms with Crippen molar-refractivity contribution in [3.8, 4) is 5.69 Å². The van der Waals surface area contributed by atoms with Crippen LogP contribution in [-0.2, 0) is 13.0 Å². The molecule has 9 heteroatoms. The van der Waals surface area contributed by atoms with Crippen molar-refractivity contribution >= 4 is 40.1 Å². The number of carbonyl (C=O) groups is 1. The zero-order chi connectivity index (χ0) is 25.1. The van der Waals surface area contributed by atoms with Crippen LogP contribution in [0, 0.1) is 6.92 Å². The quantitative estimate of drug-likeness (QED) is 0.334. The van der Waals surface area contributed by atoms with Gasteiger partial charge in [0.1, 0.15) is 18.5 Å². The third kappa shape index (κ3) is 5.12. The Morgan fingerprint density at radius 3 is 2.33 bits per heavy atom. The number of nitrogens with zero attached hydrogens (tertiary/aromatic N) is 5. The van der Waals surface area contributed by atoms with E-state index in [-0.39, 0.29) is 11.9 Å². The first-order valence-electron chi connectivity index (χ1n) is 11.6. The maximum Gasteiger partial charge on any atom is 0.253 e. The van der Waals surface area contributed by atoms with E-state index in [0.29, 0.717) is 17.1 Å². The van der Waals surface area contributed by atoms with E-state index in [0.717, 1.165) is 46.0 Å². The van der Waals surface area contributed by atoms with E-state index in [1.165, 1.54) is 0 Å². The van der Waals surface area contributed by atoms with Crippen molar-refractivity contribution in [2.75, 3.05) is 0 Å². The second kappa shape index (κ2) is 10.5. The third-order valence-corrected chi connectivity index (χ3v) is 6.86. The molecule has 2 aromatic heterocycles. The monoisotopic (exact) mass is 518 g/mol. The summed E-state index contributed by atoms with van der Waals surface area (Å²) in [5, 5.41) is 11.8. The van der Waals surface area contributed by atoms with Crippen molar-refractivity contribution in [2.45, 2.75) is 32.4 Å². The normalized spacial score (nSPS) is 14.6. The summed E-state index contributed by atoms with van der Waals surface area (Å²) in [5.41, 5.74) is 4.17. The van der Waals surface area contributed by atoms with Crippen molar-refractivity contribution in [1.29, 1.82) is 0 Å². The minimum absolute atomic E-state index is 0.0175. The lowest BCUT2D eigenvalue weighted by atomic mass is 10.1. The minimum atomic E-state index is -0.193. The summed E-state index contributed by atoms with van der Waals surface area (Å²) in [6.07, 6.45) is 4.76. The fourth-order valence-corrected chi connectivity index (χ4v) is 4.68. The summed E-state index contributed by atoms with van der Waals surface area (Å²) in [7, 11) is 0. The van der Waals surface area contributed by atoms with E-state index < -0.39 is 0 Å². The van der Waals surface area contributed by atoms with Crippen molar-refractivity contribution in [3.63, 3.8) is 0 Å². The fourth-order valence-electron chi connectivity index (χ4n) is 4.26. The highest BCUT2D eigenvalue weighted by molar-refractivity contribution is 6.34. The SMILES string of the molecule is Cc1cc2nc3n(c2cc1Cl)CC(NC(=O)c1ccc(-n2cnnc2)cc1Cl)CC3.c1ccccc1. The average Bonchev–Trinajstić information content (AvgIpc) is 3.54. The van der Waals surface area contributed by atoms with Gasteiger partial charge in [-0.1, -0.05) is 59.6 Å². The molecule has 7 nitrogen and oxygen atoms in total. The Balaban J connectivity index is 0.000000391. The first kappa shape index (κ1) is 24.0. The maximum atomic E-state index is 12.9. The summed E-state index contributed by atoms with van der Waals surface area (Å²) in [6.45, 7) is 2.62. The fraction of sp³-hybridized carbons (Fsp3) is 0.185. The Morgan fingerprint density at radius 1 is 0.972 bits per heavy atom. The molecule has 3 heterocycles. The molecule has 0 saturated heterocycles. The van der Waals surface area contributed by atoms with Gasteiger partial charge in [0.05, 0.1) is 21.6 Å². The number of halogens is 2. The number of nitrogens with one attached hydrogen (secondary N) is 1. The molecule has 1 aliphatic heterocycles. The lowest BCUT2D eigenvalue weighted by molar-refractivity contribution is 0.0928. The molecule has 0 aliphatic carbocycles. The summed E-state index contributed by atoms with van der Waals surface area (Å²) in [6, 6.07) is 21.2. The van der Waals surface area contributed by atoms with E-state index in [2.05, 4.69) is 20.1 Å². The third-order valence-electron chi connectivity index (χ3n) is 6.14. The highest BCUT2D eigenvalue weighted by Crippen LogP contribution is 2.28. The van der Waals surface area contributed by atoms with Gasteiger partial charge in [-0.3, -0.25) is 9.36 Å². The van der Waals surface area contributed by atoms with Gasteiger partial charge in [-0.25, -0.2) is 4.98 Å². The molecule has 6 rings (SSSR count). The van der Waals surface area contributed by atoms with Gasteiger partial charge in [-0.05, 0) is 49.2 Å². The van der Waals surface area contributed by atoms with Crippen molar-refractivity contribution in [1.82, 2.24) is 29.6 Å². The van der Waals surface area contributed by atoms with Crippen LogP contribution in [0.1, 0.15) is 28.2 Å². The Bertz CT molecular complexity index is 1470. The molecule has 0 saturated carbocycles. The van der Waals surface area contributed by atoms with Crippen LogP contribution in [0.5, 0.6) is 0 Å². The smallest absolute Gasteiger partial charge is 0.253 e. The zero-order valence-corrected chi connectivity index (χ0v) is 21.1. The topological polar surface area (TPSA) is 77.6 Å². The average molecular weight is 519 g/mol. The molecule has 0 fully saturated rings. The van der Waals surface area contributed by atoms with Crippen LogP contribution in [0.4, 0.5) is 0 Å². The van der Waals surface area contributed by atoms with Gasteiger partial charge in [0.2, 0.25) is 0 Å². The number of benzene rings is 3. The van der Waals surface area contributed by atoms with Crippen LogP contribution < -0.4 is 5.32 Å². The zero-order valence-electron chi connectivity index (χ0n) is 19.6. The van der Waals surface area contributed by atoms with Crippen LogP contribution in [0.15, 0.2) is 79.4 Å². The van der Waals surface area contributed by atoms with E-state index in [4.69, 9.17) is 28.2 Å². The van der Waals surface area contributed by atoms with E-state index in [1.54, 1.807) is 29.4 Å². The number of hydrogen-bond acceptors (Lipinski definition) is 4. The summed E-state index contributed by atoms with van der Waals surface area (Å²) >= 11 is 12.7. The van der Waals surface area contributed by atoms with Gasteiger partial charge in [-0.15, -0.1) is 10.2 Å². The highest BCUT2D eigenvalue weighted by atomic mass is 35.5. The molecule has 182 valence electrons. The van der Waals surface area contributed by atoms with Crippen LogP contribution in [0.3, 0.4) is 0 Å². The summed E-state index contributed by atoms with van der Waals surface area (Å²) < 4.78 is 3.87. The molecule has 3 aromatic carbocycles. The second-order valence-corrected chi connectivity index (χ2v) is 9.44. The molecule has 1 unspecified atom stereocenters. The van der Waals surface area contributed by atoms with Gasteiger partial charge in [0, 0.05) is 29.7 Å². The standard InChI is InChI=1S/C21H18Cl2N6O.C6H6/c1-12-6-18-19(8-16(12)22)29-9-13(2-5-20(29)27-18)26-21(30)15-4-3-14(7-17(15)23)28-10-24-25-11-28;1-2-4-6-5-3-1/h3-4,6-8,10-11,13H,2,5,9H2,1H3,(H,26,30);1-6H. The largest absolute Gasteiger partial charge is 0.347 e. The summed E-state index contributed by atoms with van der Waals surface area (Å²) in [4.78, 5) is 17.6. The van der Waals surface area contributed by atoms with E-state index >= 15 is 0 Å². The molecule has 0 bridgehead atoms. The number of fused-ring (bicyclic) bond motifs is 3. The van der Waals surface area contributed by atoms with Crippen LogP contribution in [0.25, 0.3) is 16.7 Å². The highest BCUT2D eigenvalue weighted by Gasteiger charge is 2.24. The van der Waals surface area contributed by atoms with Crippen molar-refractivity contribution in [3.05, 3.63) is 106 Å². The number of carbonyl (C=O) groups excluding carboxylic acids is 1. The number of aromatic nitrogens is 5. The van der Waals surface area contributed by atoms with Gasteiger partial charge < -0.3 is 9.88 Å². The first-order valence-corrected chi connectivity index (χ1v) is 12.4. The number of imidazole rings is 1. The molecule has 36 heavy (non-hydrogen) atoms. The number of amides is 1. The number of rotatable bonds is 3. The first-order chi connectivity index (χ1) is 17.5. The number of hydrogen-bond donors (Lipinski definition) is 1. The molecule has 1 N–H and O–H groups in total. The van der Waals surface area contributed by atoms with Gasteiger partial charge in [0.25, 0.3) is 5.91 Å². The summed E-state index contributed by atoms with van der Waals surface area (Å²) in [5.74, 6) is 0.829. The Labute approximate surface area is 218 Å². The van der Waals surface area contributed by atoms with E-state index in [9.17, 15) is 4.79 Å². The molecule has 5 aromatic rings. The predicted molar refractivity (Wildman–Crippen MR) is 142 cm³/mol. The molecule has 0 spiro atoms. The Kier molecular flexibility index (Phi) is 7.02. The van der Waals surface area contributed by atoms with Gasteiger partial charge in [-0.2, -0.15) is 0 Å². The maximum absolute atomic E-state index is 12.9. The Morgan fingerprint density at radius 2 is 1.67 bits per heavy atom. The molecular formula is C27H24Cl2N6O. The molecule has 1 atom stereocenters. The molecule has 1 aliphatic rings. The van der Waals surface area contributed by atoms with Gasteiger partial charge >= 0.3 is 0 Å². The molecule has 1 amide bonds. The second-order valence-electron chi connectivity index (χ2n) is 8.63. The minimum Gasteiger partial charge on any atom is -0.347 e. The van der Waals surface area contributed by atoms with E-state index in [1.807, 2.05) is 61.5 Å². The van der Waals surface area contributed by atoms with Crippen molar-refractivity contribution in [2.24, 2.45) is 0 Å². The lowest BCUT2D eigenvalue weighted by Gasteiger charge is -2.25. The number of aryl methyl sites for hydroxylation is 2. The van der Waals surface area contributed by atoms with Gasteiger partial charge in [0.15, 0.2) is 0 Å². The predicted octanol–water partition coefficient (Wildman–Crippen LogP) is 5.66. The van der Waals surface area contributed by atoms with Crippen molar-refractivity contribution < 1.29 is 4.79 Å². The van der Waals surface area contributed by atoms with Crippen LogP contribution in [-0.4, -0.2) is 36.3 Å². The molecule has 0 radical (unpaired) electrons.